The van der Waals surface area contributed by atoms with E-state index in [-0.39, 0.29) is 11.1 Å². The van der Waals surface area contributed by atoms with Crippen molar-refractivity contribution < 1.29 is 19.2 Å². The molecule has 3 aromatic carbocycles. The maximum Gasteiger partial charge on any atom is 0.458 e. The molecule has 1 aliphatic rings. The predicted molar refractivity (Wildman–Crippen MR) is 184 cm³/mol. The first-order chi connectivity index (χ1) is 20.5. The summed E-state index contributed by atoms with van der Waals surface area (Å²) in [5.74, 6) is 0.355. The number of hydrogen-bond donors (Lipinski definition) is 2. The number of hydrogen-bond acceptors (Lipinski definition) is 4. The highest BCUT2D eigenvalue weighted by Crippen LogP contribution is 2.38. The molecule has 0 amide bonds. The quantitative estimate of drug-likeness (QED) is 0.226. The zero-order chi connectivity index (χ0) is 31.2. The van der Waals surface area contributed by atoms with Crippen LogP contribution in [0.2, 0.25) is 11.4 Å². The molecule has 4 nitrogen and oxygen atoms in total. The van der Waals surface area contributed by atoms with E-state index in [1.165, 1.54) is 15.9 Å². The van der Waals surface area contributed by atoms with Gasteiger partial charge < -0.3 is 19.2 Å². The fourth-order valence-corrected chi connectivity index (χ4v) is 10.8. The largest absolute Gasteiger partial charge is 0.507 e. The Balaban J connectivity index is 1.57. The highest BCUT2D eigenvalue weighted by Gasteiger charge is 2.50. The van der Waals surface area contributed by atoms with E-state index in [1.54, 1.807) is 0 Å². The van der Waals surface area contributed by atoms with E-state index >= 15 is 0 Å². The van der Waals surface area contributed by atoms with Gasteiger partial charge in [0.25, 0.3) is 8.32 Å². The van der Waals surface area contributed by atoms with Crippen molar-refractivity contribution >= 4 is 31.9 Å². The fraction of sp³-hybridized carbons (Fsp3) is 0.351. The topological polar surface area (TPSA) is 58.9 Å². The van der Waals surface area contributed by atoms with Crippen LogP contribution in [0.15, 0.2) is 102 Å². The molecule has 0 saturated heterocycles. The first-order valence-electron chi connectivity index (χ1n) is 15.4. The highest BCUT2D eigenvalue weighted by atomic mass is 28.4. The Bertz CT molecular complexity index is 1390. The number of phenolic OH excluding ortho intramolecular Hbond substituents is 1. The Labute approximate surface area is 260 Å². The lowest BCUT2D eigenvalue weighted by atomic mass is 9.78. The zero-order valence-electron chi connectivity index (χ0n) is 26.7. The zero-order valence-corrected chi connectivity index (χ0v) is 27.7. The van der Waals surface area contributed by atoms with Crippen molar-refractivity contribution in [3.63, 3.8) is 0 Å². The van der Waals surface area contributed by atoms with Gasteiger partial charge in [-0.1, -0.05) is 113 Å². The fourth-order valence-electron chi connectivity index (χ4n) is 6.29. The minimum Gasteiger partial charge on any atom is -0.507 e. The molecule has 6 heteroatoms. The number of allylic oxidation sites excluding steroid dienone is 2. The number of rotatable bonds is 11. The van der Waals surface area contributed by atoms with Crippen LogP contribution in [0.1, 0.15) is 63.6 Å². The highest BCUT2D eigenvalue weighted by molar-refractivity contribution is 6.99. The van der Waals surface area contributed by atoms with Crippen LogP contribution in [0.3, 0.4) is 0 Å². The average molecular weight is 595 g/mol. The SMILES string of the molecule is C=C(CO[Si](c1ccccc1)(c1ccccc1)C(C)(C)C)C1=CCB(O)OC1CC/C(=C/c1cc(C)c(O)c(C)c1)CC. The molecular formula is C37H47BO4Si. The lowest BCUT2D eigenvalue weighted by molar-refractivity contribution is 0.181. The van der Waals surface area contributed by atoms with E-state index in [9.17, 15) is 10.1 Å². The van der Waals surface area contributed by atoms with Crippen LogP contribution >= 0.6 is 0 Å². The lowest BCUT2D eigenvalue weighted by Crippen LogP contribution is -2.66. The second-order valence-corrected chi connectivity index (χ2v) is 17.0. The standard InChI is InChI=1S/C37H47BO4Si/c1-8-30(25-31-23-27(2)36(39)28(3)24-31)19-20-35-34(21-22-38(40)42-35)29(4)26-41-43(37(5,6)7,32-15-11-9-12-16-32)33-17-13-10-14-18-33/h9-18,21,23-25,35,39-40H,4,8,19-20,22,26H2,1-3,5-7H3/b30-25+. The molecule has 0 saturated carbocycles. The summed E-state index contributed by atoms with van der Waals surface area (Å²) in [6, 6.07) is 25.3. The molecule has 226 valence electrons. The number of benzene rings is 3. The van der Waals surface area contributed by atoms with E-state index < -0.39 is 15.4 Å². The van der Waals surface area contributed by atoms with Crippen molar-refractivity contribution in [1.29, 1.82) is 0 Å². The van der Waals surface area contributed by atoms with Gasteiger partial charge in [-0.05, 0) is 88.5 Å². The van der Waals surface area contributed by atoms with E-state index in [2.05, 4.69) is 107 Å². The summed E-state index contributed by atoms with van der Waals surface area (Å²) >= 11 is 0. The molecule has 2 N–H and O–H groups in total. The summed E-state index contributed by atoms with van der Waals surface area (Å²) in [7, 11) is -3.54. The van der Waals surface area contributed by atoms with Gasteiger partial charge >= 0.3 is 7.12 Å². The molecular weight excluding hydrogens is 547 g/mol. The molecule has 1 atom stereocenters. The monoisotopic (exact) mass is 594 g/mol. The third-order valence-corrected chi connectivity index (χ3v) is 13.5. The molecule has 1 aliphatic heterocycles. The Morgan fingerprint density at radius 1 is 1.02 bits per heavy atom. The van der Waals surface area contributed by atoms with Gasteiger partial charge in [-0.2, -0.15) is 0 Å². The van der Waals surface area contributed by atoms with Crippen molar-refractivity contribution in [1.82, 2.24) is 0 Å². The summed E-state index contributed by atoms with van der Waals surface area (Å²) < 4.78 is 13.3. The average Bonchev–Trinajstić information content (AvgIpc) is 2.98. The summed E-state index contributed by atoms with van der Waals surface area (Å²) in [5, 5.41) is 23.0. The molecule has 1 unspecified atom stereocenters. The van der Waals surface area contributed by atoms with Crippen LogP contribution in [0.5, 0.6) is 5.75 Å². The molecule has 0 radical (unpaired) electrons. The summed E-state index contributed by atoms with van der Waals surface area (Å²) in [6.07, 6.45) is 6.93. The third-order valence-electron chi connectivity index (χ3n) is 8.56. The Hall–Kier alpha value is -3.16. The minimum atomic E-state index is -2.72. The molecule has 0 fully saturated rings. The smallest absolute Gasteiger partial charge is 0.458 e. The molecule has 0 aromatic heterocycles. The van der Waals surface area contributed by atoms with Gasteiger partial charge in [0, 0.05) is 6.32 Å². The number of phenols is 1. The van der Waals surface area contributed by atoms with E-state index in [0.717, 1.165) is 47.1 Å². The van der Waals surface area contributed by atoms with Crippen LogP contribution in [0.4, 0.5) is 0 Å². The van der Waals surface area contributed by atoms with Crippen molar-refractivity contribution in [2.24, 2.45) is 0 Å². The van der Waals surface area contributed by atoms with Gasteiger partial charge in [0.2, 0.25) is 0 Å². The molecule has 0 aliphatic carbocycles. The van der Waals surface area contributed by atoms with Crippen molar-refractivity contribution in [3.05, 3.63) is 119 Å². The van der Waals surface area contributed by atoms with Crippen LogP contribution in [-0.4, -0.2) is 38.3 Å². The Morgan fingerprint density at radius 3 is 2.09 bits per heavy atom. The second kappa shape index (κ2) is 14.1. The van der Waals surface area contributed by atoms with Crippen LogP contribution in [0, 0.1) is 13.8 Å². The Kier molecular flexibility index (Phi) is 10.7. The van der Waals surface area contributed by atoms with Crippen molar-refractivity contribution in [2.45, 2.75) is 78.3 Å². The van der Waals surface area contributed by atoms with E-state index in [1.807, 2.05) is 26.0 Å². The van der Waals surface area contributed by atoms with E-state index in [0.29, 0.717) is 18.7 Å². The molecule has 0 spiro atoms. The van der Waals surface area contributed by atoms with Gasteiger partial charge in [0.1, 0.15) is 5.75 Å². The minimum absolute atomic E-state index is 0.130. The third kappa shape index (κ3) is 7.50. The first-order valence-corrected chi connectivity index (χ1v) is 17.3. The normalized spacial score (nSPS) is 16.3. The second-order valence-electron chi connectivity index (χ2n) is 12.7. The van der Waals surface area contributed by atoms with Crippen LogP contribution in [0.25, 0.3) is 6.08 Å². The maximum atomic E-state index is 10.4. The summed E-state index contributed by atoms with van der Waals surface area (Å²) in [6.45, 7) is 17.7. The van der Waals surface area contributed by atoms with Crippen LogP contribution in [-0.2, 0) is 9.08 Å². The van der Waals surface area contributed by atoms with Crippen LogP contribution < -0.4 is 10.4 Å². The van der Waals surface area contributed by atoms with Gasteiger partial charge in [0.05, 0.1) is 12.7 Å². The summed E-state index contributed by atoms with van der Waals surface area (Å²) in [4.78, 5) is 0. The van der Waals surface area contributed by atoms with Gasteiger partial charge in [0.15, 0.2) is 0 Å². The maximum absolute atomic E-state index is 10.4. The predicted octanol–water partition coefficient (Wildman–Crippen LogP) is 7.52. The van der Waals surface area contributed by atoms with Gasteiger partial charge in [-0.15, -0.1) is 0 Å². The van der Waals surface area contributed by atoms with E-state index in [4.69, 9.17) is 9.08 Å². The Morgan fingerprint density at radius 2 is 1.58 bits per heavy atom. The molecule has 0 bridgehead atoms. The van der Waals surface area contributed by atoms with Crippen molar-refractivity contribution in [2.75, 3.05) is 6.61 Å². The molecule has 4 rings (SSSR count). The number of aromatic hydroxyl groups is 1. The molecule has 43 heavy (non-hydrogen) atoms. The molecule has 3 aromatic rings. The first kappa shape index (κ1) is 32.7. The lowest BCUT2D eigenvalue weighted by Gasteiger charge is -2.43. The van der Waals surface area contributed by atoms with Crippen molar-refractivity contribution in [3.8, 4) is 5.75 Å². The molecule has 1 heterocycles. The number of aryl methyl sites for hydroxylation is 2. The van der Waals surface area contributed by atoms with Gasteiger partial charge in [-0.3, -0.25) is 0 Å². The van der Waals surface area contributed by atoms with Gasteiger partial charge in [-0.25, -0.2) is 0 Å². The summed E-state index contributed by atoms with van der Waals surface area (Å²) in [5.41, 5.74) is 6.06.